The van der Waals surface area contributed by atoms with Crippen molar-refractivity contribution in [3.05, 3.63) is 90.3 Å². The Morgan fingerprint density at radius 3 is 2.43 bits per heavy atom. The van der Waals surface area contributed by atoms with Crippen LogP contribution in [0.15, 0.2) is 73.1 Å². The molecule has 13 nitrogen and oxygen atoms in total. The molecule has 0 saturated carbocycles. The normalized spacial score (nSPS) is 13.4. The fraction of sp³-hybridized carbons (Fsp3) is 0.281. The molecule has 1 aromatic carbocycles. The van der Waals surface area contributed by atoms with Crippen molar-refractivity contribution in [3.63, 3.8) is 0 Å². The number of anilines is 1. The van der Waals surface area contributed by atoms with Gasteiger partial charge in [-0.05, 0) is 43.3 Å². The van der Waals surface area contributed by atoms with Gasteiger partial charge < -0.3 is 15.4 Å². The predicted molar refractivity (Wildman–Crippen MR) is 172 cm³/mol. The van der Waals surface area contributed by atoms with Crippen LogP contribution >= 0.6 is 0 Å². The van der Waals surface area contributed by atoms with Gasteiger partial charge in [0.15, 0.2) is 0 Å². The van der Waals surface area contributed by atoms with E-state index in [1.165, 1.54) is 19.4 Å². The minimum atomic E-state index is -0.428. The molecule has 2 amide bonds. The van der Waals surface area contributed by atoms with Gasteiger partial charge in [-0.2, -0.15) is 14.6 Å². The van der Waals surface area contributed by atoms with Crippen LogP contribution in [0.4, 0.5) is 10.2 Å². The summed E-state index contributed by atoms with van der Waals surface area (Å²) in [5.41, 5.74) is 6.05. The van der Waals surface area contributed by atoms with Crippen LogP contribution in [0, 0.1) is 25.7 Å². The van der Waals surface area contributed by atoms with Crippen molar-refractivity contribution in [2.24, 2.45) is 0 Å². The maximum absolute atomic E-state index is 11.9. The molecule has 1 atom stereocenters. The molecular formula is C32H39FN8O5. The fourth-order valence-electron chi connectivity index (χ4n) is 4.10. The van der Waals surface area contributed by atoms with E-state index in [2.05, 4.69) is 43.8 Å². The molecule has 46 heavy (non-hydrogen) atoms. The van der Waals surface area contributed by atoms with Crippen molar-refractivity contribution >= 4 is 18.1 Å². The number of hydrogen-bond donors (Lipinski definition) is 3. The molecule has 0 spiro atoms. The Labute approximate surface area is 268 Å². The monoisotopic (exact) mass is 634 g/mol. The van der Waals surface area contributed by atoms with Crippen molar-refractivity contribution in [3.8, 4) is 29.8 Å². The lowest BCUT2D eigenvalue weighted by Gasteiger charge is -2.12. The third kappa shape index (κ3) is 11.4. The number of para-hydroxylation sites is 1. The first-order valence-corrected chi connectivity index (χ1v) is 14.0. The van der Waals surface area contributed by atoms with Gasteiger partial charge in [0.2, 0.25) is 12.4 Å². The number of hydroxylamine groups is 3. The third-order valence-electron chi connectivity index (χ3n) is 6.18. The Hall–Kier alpha value is -5.20. The Morgan fingerprint density at radius 2 is 1.85 bits per heavy atom. The van der Waals surface area contributed by atoms with Crippen LogP contribution in [-0.4, -0.2) is 90.7 Å². The van der Waals surface area contributed by atoms with E-state index in [-0.39, 0.29) is 11.7 Å². The Balaban J connectivity index is 0.000000288. The predicted octanol–water partition coefficient (Wildman–Crippen LogP) is 3.04. The van der Waals surface area contributed by atoms with Gasteiger partial charge in [0.1, 0.15) is 11.5 Å². The van der Waals surface area contributed by atoms with Crippen LogP contribution in [0.1, 0.15) is 16.1 Å². The van der Waals surface area contributed by atoms with E-state index in [1.807, 2.05) is 55.1 Å². The van der Waals surface area contributed by atoms with Crippen LogP contribution in [0.3, 0.4) is 0 Å². The molecule has 0 radical (unpaired) electrons. The molecule has 0 aliphatic carbocycles. The van der Waals surface area contributed by atoms with Crippen LogP contribution in [0.25, 0.3) is 16.9 Å². The second kappa shape index (κ2) is 20.7. The van der Waals surface area contributed by atoms with Crippen molar-refractivity contribution in [1.29, 1.82) is 0 Å². The molecule has 5 rings (SSSR count). The van der Waals surface area contributed by atoms with Crippen molar-refractivity contribution in [1.82, 2.24) is 35.6 Å². The summed E-state index contributed by atoms with van der Waals surface area (Å²) in [7, 11) is 4.89. The lowest BCUT2D eigenvalue weighted by molar-refractivity contribution is -0.118. The first-order chi connectivity index (χ1) is 22.4. The third-order valence-corrected chi connectivity index (χ3v) is 6.18. The highest BCUT2D eigenvalue weighted by Crippen LogP contribution is 2.30. The zero-order chi connectivity index (χ0) is 33.7. The van der Waals surface area contributed by atoms with Crippen LogP contribution < -0.4 is 16.1 Å². The highest BCUT2D eigenvalue weighted by Gasteiger charge is 2.22. The van der Waals surface area contributed by atoms with Gasteiger partial charge in [-0.15, -0.1) is 12.8 Å². The number of halogens is 1. The van der Waals surface area contributed by atoms with Gasteiger partial charge in [0.05, 0.1) is 37.7 Å². The SMILES string of the molecule is C#C.CNc1c(C)c(-c2ccnc(C(=O)NOC)c2)nn1-c1ccccc1.COCCN1CC(NC=O)CO1.Fc1ccccn1. The smallest absolute Gasteiger partial charge is 0.293 e. The summed E-state index contributed by atoms with van der Waals surface area (Å²) in [4.78, 5) is 39.3. The van der Waals surface area contributed by atoms with Crippen molar-refractivity contribution in [2.45, 2.75) is 13.0 Å². The number of nitrogens with one attached hydrogen (secondary N) is 3. The lowest BCUT2D eigenvalue weighted by Crippen LogP contribution is -2.33. The second-order valence-corrected chi connectivity index (χ2v) is 9.20. The number of rotatable bonds is 10. The highest BCUT2D eigenvalue weighted by molar-refractivity contribution is 5.92. The molecule has 1 unspecified atom stereocenters. The van der Waals surface area contributed by atoms with Crippen LogP contribution in [0.2, 0.25) is 0 Å². The molecule has 1 fully saturated rings. The van der Waals surface area contributed by atoms with E-state index in [9.17, 15) is 14.0 Å². The largest absolute Gasteiger partial charge is 0.383 e. The Morgan fingerprint density at radius 1 is 1.11 bits per heavy atom. The molecule has 4 aromatic rings. The van der Waals surface area contributed by atoms with Gasteiger partial charge in [-0.25, -0.2) is 15.1 Å². The first kappa shape index (κ1) is 37.0. The molecule has 244 valence electrons. The average Bonchev–Trinajstić information content (AvgIpc) is 3.69. The summed E-state index contributed by atoms with van der Waals surface area (Å²) in [5.74, 6) is 0.0572. The maximum Gasteiger partial charge on any atom is 0.293 e. The fourth-order valence-corrected chi connectivity index (χ4v) is 4.10. The molecule has 3 aromatic heterocycles. The summed E-state index contributed by atoms with van der Waals surface area (Å²) in [6.45, 7) is 4.68. The number of carbonyl (C=O) groups excluding carboxylic acids is 2. The van der Waals surface area contributed by atoms with Gasteiger partial charge in [0.25, 0.3) is 5.91 Å². The topological polar surface area (TPSA) is 145 Å². The minimum Gasteiger partial charge on any atom is -0.383 e. The standard InChI is InChI=1S/C18H19N5O2.C7H14N2O3.C5H4FN.C2H2/c1-12-16(13-9-10-20-15(11-13)18(24)22-25-3)21-23(17(12)19-2)14-7-5-4-6-8-14;1-11-3-2-9-4-7(5-12-9)8-6-10;6-5-3-1-2-4-7-5;1-2/h4-11,19H,1-3H3,(H,22,24);6-7H,2-5H2,1H3,(H,8,10);1-4H;1-2H. The van der Waals surface area contributed by atoms with Gasteiger partial charge in [0, 0.05) is 50.8 Å². The number of hydrogen-bond acceptors (Lipinski definition) is 10. The van der Waals surface area contributed by atoms with Gasteiger partial charge in [-0.3, -0.25) is 24.2 Å². The van der Waals surface area contributed by atoms with Gasteiger partial charge >= 0.3 is 0 Å². The van der Waals surface area contributed by atoms with E-state index < -0.39 is 11.9 Å². The number of pyridine rings is 2. The van der Waals surface area contributed by atoms with Gasteiger partial charge in [-0.1, -0.05) is 24.3 Å². The minimum absolute atomic E-state index is 0.124. The molecule has 14 heteroatoms. The maximum atomic E-state index is 11.9. The summed E-state index contributed by atoms with van der Waals surface area (Å²) >= 11 is 0. The van der Waals surface area contributed by atoms with E-state index in [0.29, 0.717) is 19.6 Å². The molecule has 1 aliphatic heterocycles. The highest BCUT2D eigenvalue weighted by atomic mass is 19.1. The Bertz CT molecular complexity index is 1490. The zero-order valence-electron chi connectivity index (χ0n) is 26.2. The second-order valence-electron chi connectivity index (χ2n) is 9.20. The summed E-state index contributed by atoms with van der Waals surface area (Å²) in [5, 5.41) is 12.4. The van der Waals surface area contributed by atoms with E-state index in [1.54, 1.807) is 36.6 Å². The van der Waals surface area contributed by atoms with E-state index >= 15 is 0 Å². The molecule has 1 aliphatic rings. The number of ether oxygens (including phenoxy) is 1. The lowest BCUT2D eigenvalue weighted by atomic mass is 10.1. The van der Waals surface area contributed by atoms with Crippen LogP contribution in [-0.2, 0) is 19.2 Å². The number of methoxy groups -OCH3 is 1. The number of terminal acetylenes is 1. The average molecular weight is 635 g/mol. The summed E-state index contributed by atoms with van der Waals surface area (Å²) < 4.78 is 18.5. The number of amides is 2. The summed E-state index contributed by atoms with van der Waals surface area (Å²) in [6, 6.07) is 18.1. The zero-order valence-corrected chi connectivity index (χ0v) is 26.2. The number of nitrogens with zero attached hydrogens (tertiary/aromatic N) is 5. The molecule has 1 saturated heterocycles. The van der Waals surface area contributed by atoms with Crippen molar-refractivity contribution in [2.75, 3.05) is 52.9 Å². The quantitative estimate of drug-likeness (QED) is 0.103. The first-order valence-electron chi connectivity index (χ1n) is 14.0. The molecular weight excluding hydrogens is 595 g/mol. The molecule has 0 bridgehead atoms. The number of aromatic nitrogens is 4. The van der Waals surface area contributed by atoms with Crippen molar-refractivity contribution < 1.29 is 28.4 Å². The van der Waals surface area contributed by atoms with E-state index in [4.69, 9.17) is 14.7 Å². The van der Waals surface area contributed by atoms with E-state index in [0.717, 1.165) is 41.4 Å². The molecule has 4 heterocycles. The summed E-state index contributed by atoms with van der Waals surface area (Å²) in [6.07, 6.45) is 11.7. The number of carbonyl (C=O) groups is 2. The number of benzene rings is 1. The Kier molecular flexibility index (Phi) is 16.6. The van der Waals surface area contributed by atoms with Crippen LogP contribution in [0.5, 0.6) is 0 Å². The molecule has 3 N–H and O–H groups in total.